The van der Waals surface area contributed by atoms with E-state index in [-0.39, 0.29) is 11.3 Å². The first-order valence-electron chi connectivity index (χ1n) is 3.57. The Morgan fingerprint density at radius 3 is 2.70 bits per heavy atom. The summed E-state index contributed by atoms with van der Waals surface area (Å²) in [6, 6.07) is 0. The van der Waals surface area contributed by atoms with E-state index in [0.29, 0.717) is 5.92 Å². The lowest BCUT2D eigenvalue weighted by Crippen LogP contribution is -2.31. The van der Waals surface area contributed by atoms with Crippen LogP contribution in [0.2, 0.25) is 0 Å². The molecule has 0 heterocycles. The van der Waals surface area contributed by atoms with E-state index in [1.165, 1.54) is 0 Å². The van der Waals surface area contributed by atoms with Gasteiger partial charge in [0.1, 0.15) is 0 Å². The van der Waals surface area contributed by atoms with Crippen molar-refractivity contribution in [2.24, 2.45) is 5.92 Å². The van der Waals surface area contributed by atoms with Gasteiger partial charge in [-0.15, -0.1) is 11.8 Å². The quantitative estimate of drug-likeness (QED) is 0.627. The van der Waals surface area contributed by atoms with Crippen molar-refractivity contribution >= 4 is 17.7 Å². The number of amides is 1. The van der Waals surface area contributed by atoms with Gasteiger partial charge in [-0.05, 0) is 26.0 Å². The van der Waals surface area contributed by atoms with Crippen molar-refractivity contribution < 1.29 is 4.79 Å². The third kappa shape index (κ3) is 2.21. The number of carbonyl (C=O) groups is 1. The van der Waals surface area contributed by atoms with E-state index in [1.807, 2.05) is 13.2 Å². The van der Waals surface area contributed by atoms with Crippen molar-refractivity contribution in [2.45, 2.75) is 25.1 Å². The third-order valence-electron chi connectivity index (χ3n) is 1.65. The average Bonchev–Trinajstić information content (AvgIpc) is 2.68. The van der Waals surface area contributed by atoms with Gasteiger partial charge in [0.15, 0.2) is 0 Å². The van der Waals surface area contributed by atoms with Crippen molar-refractivity contribution in [1.82, 2.24) is 5.32 Å². The van der Waals surface area contributed by atoms with Crippen LogP contribution in [0, 0.1) is 5.92 Å². The smallest absolute Gasteiger partial charge is 0.223 e. The Bertz CT molecular complexity index is 134. The van der Waals surface area contributed by atoms with Crippen molar-refractivity contribution in [2.75, 3.05) is 6.26 Å². The average molecular weight is 159 g/mol. The SMILES string of the molecule is CS[C@@H](C)NC(=O)C1CC1. The monoisotopic (exact) mass is 159 g/mol. The molecule has 1 aliphatic rings. The summed E-state index contributed by atoms with van der Waals surface area (Å²) in [7, 11) is 0. The molecule has 10 heavy (non-hydrogen) atoms. The highest BCUT2D eigenvalue weighted by atomic mass is 32.2. The number of carbonyl (C=O) groups excluding carboxylic acids is 1. The Kier molecular flexibility index (Phi) is 2.60. The molecule has 0 aromatic heterocycles. The molecule has 1 N–H and O–H groups in total. The molecule has 0 bridgehead atoms. The zero-order valence-corrected chi connectivity index (χ0v) is 7.20. The highest BCUT2D eigenvalue weighted by Gasteiger charge is 2.29. The molecule has 1 fully saturated rings. The number of nitrogens with one attached hydrogen (secondary N) is 1. The summed E-state index contributed by atoms with van der Waals surface area (Å²) in [6.45, 7) is 2.00. The highest BCUT2D eigenvalue weighted by Crippen LogP contribution is 2.29. The number of rotatable bonds is 3. The molecule has 0 unspecified atom stereocenters. The van der Waals surface area contributed by atoms with Gasteiger partial charge < -0.3 is 5.32 Å². The normalized spacial score (nSPS) is 20.2. The Morgan fingerprint density at radius 2 is 2.30 bits per heavy atom. The standard InChI is InChI=1S/C7H13NOS/c1-5(10-2)8-7(9)6-3-4-6/h5-6H,3-4H2,1-2H3,(H,8,9)/t5-/m0/s1. The van der Waals surface area contributed by atoms with Crippen LogP contribution in [0.15, 0.2) is 0 Å². The van der Waals surface area contributed by atoms with Crippen molar-refractivity contribution in [1.29, 1.82) is 0 Å². The second-order valence-electron chi connectivity index (χ2n) is 2.66. The lowest BCUT2D eigenvalue weighted by atomic mass is 10.4. The van der Waals surface area contributed by atoms with Crippen LogP contribution in [-0.4, -0.2) is 17.5 Å². The van der Waals surface area contributed by atoms with Crippen LogP contribution in [0.25, 0.3) is 0 Å². The lowest BCUT2D eigenvalue weighted by Gasteiger charge is -2.09. The second kappa shape index (κ2) is 3.28. The van der Waals surface area contributed by atoms with Gasteiger partial charge in [0, 0.05) is 5.92 Å². The number of hydrogen-bond donors (Lipinski definition) is 1. The molecule has 0 saturated heterocycles. The van der Waals surface area contributed by atoms with Crippen LogP contribution in [0.4, 0.5) is 0 Å². The molecule has 0 aromatic carbocycles. The van der Waals surface area contributed by atoms with E-state index < -0.39 is 0 Å². The molecule has 1 saturated carbocycles. The van der Waals surface area contributed by atoms with Crippen molar-refractivity contribution in [3.63, 3.8) is 0 Å². The van der Waals surface area contributed by atoms with Gasteiger partial charge in [-0.2, -0.15) is 0 Å². The molecule has 58 valence electrons. The minimum absolute atomic E-state index is 0.238. The van der Waals surface area contributed by atoms with Crippen LogP contribution in [0.3, 0.4) is 0 Å². The third-order valence-corrected chi connectivity index (χ3v) is 2.47. The summed E-state index contributed by atoms with van der Waals surface area (Å²) in [5, 5.41) is 3.19. The minimum Gasteiger partial charge on any atom is -0.344 e. The molecule has 0 aromatic rings. The van der Waals surface area contributed by atoms with Crippen LogP contribution in [0.5, 0.6) is 0 Å². The first-order chi connectivity index (χ1) is 4.74. The van der Waals surface area contributed by atoms with Crippen LogP contribution in [-0.2, 0) is 4.79 Å². The van der Waals surface area contributed by atoms with Crippen LogP contribution in [0.1, 0.15) is 19.8 Å². The summed E-state index contributed by atoms with van der Waals surface area (Å²) in [5.41, 5.74) is 0. The second-order valence-corrected chi connectivity index (χ2v) is 3.84. The predicted molar refractivity (Wildman–Crippen MR) is 43.8 cm³/mol. The fraction of sp³-hybridized carbons (Fsp3) is 0.857. The lowest BCUT2D eigenvalue weighted by molar-refractivity contribution is -0.122. The number of hydrogen-bond acceptors (Lipinski definition) is 2. The topological polar surface area (TPSA) is 29.1 Å². The van der Waals surface area contributed by atoms with E-state index in [2.05, 4.69) is 5.32 Å². The Balaban J connectivity index is 2.16. The summed E-state index contributed by atoms with van der Waals surface area (Å²) in [5.74, 6) is 0.580. The summed E-state index contributed by atoms with van der Waals surface area (Å²) in [6.07, 6.45) is 4.18. The molecule has 1 aliphatic carbocycles. The molecular weight excluding hydrogens is 146 g/mol. The first kappa shape index (κ1) is 7.92. The zero-order valence-electron chi connectivity index (χ0n) is 6.39. The van der Waals surface area contributed by atoms with Gasteiger partial charge in [-0.25, -0.2) is 0 Å². The van der Waals surface area contributed by atoms with Gasteiger partial charge in [0.25, 0.3) is 0 Å². The molecule has 1 amide bonds. The molecule has 3 heteroatoms. The van der Waals surface area contributed by atoms with E-state index >= 15 is 0 Å². The van der Waals surface area contributed by atoms with Gasteiger partial charge in [0.05, 0.1) is 5.37 Å². The van der Waals surface area contributed by atoms with Crippen molar-refractivity contribution in [3.8, 4) is 0 Å². The highest BCUT2D eigenvalue weighted by molar-refractivity contribution is 7.99. The van der Waals surface area contributed by atoms with Gasteiger partial charge in [0.2, 0.25) is 5.91 Å². The molecule has 0 aliphatic heterocycles. The maximum atomic E-state index is 11.1. The Labute approximate surface area is 65.8 Å². The molecule has 2 nitrogen and oxygen atoms in total. The van der Waals surface area contributed by atoms with Gasteiger partial charge >= 0.3 is 0 Å². The van der Waals surface area contributed by atoms with Crippen molar-refractivity contribution in [3.05, 3.63) is 0 Å². The molecule has 0 spiro atoms. The fourth-order valence-electron chi connectivity index (χ4n) is 0.723. The zero-order chi connectivity index (χ0) is 7.56. The summed E-state index contributed by atoms with van der Waals surface area (Å²) < 4.78 is 0. The van der Waals surface area contributed by atoms with Crippen LogP contribution >= 0.6 is 11.8 Å². The summed E-state index contributed by atoms with van der Waals surface area (Å²) >= 11 is 1.67. The van der Waals surface area contributed by atoms with E-state index in [0.717, 1.165) is 12.8 Å². The maximum absolute atomic E-state index is 11.1. The molecular formula is C7H13NOS. The predicted octanol–water partition coefficient (Wildman–Crippen LogP) is 1.22. The summed E-state index contributed by atoms with van der Waals surface area (Å²) in [4.78, 5) is 11.1. The number of thioether (sulfide) groups is 1. The Morgan fingerprint density at radius 1 is 1.70 bits per heavy atom. The molecule has 1 rings (SSSR count). The Hall–Kier alpha value is -0.180. The van der Waals surface area contributed by atoms with Gasteiger partial charge in [-0.1, -0.05) is 0 Å². The molecule has 0 radical (unpaired) electrons. The fourth-order valence-corrected chi connectivity index (χ4v) is 0.957. The maximum Gasteiger partial charge on any atom is 0.223 e. The van der Waals surface area contributed by atoms with E-state index in [1.54, 1.807) is 11.8 Å². The largest absolute Gasteiger partial charge is 0.344 e. The van der Waals surface area contributed by atoms with Gasteiger partial charge in [-0.3, -0.25) is 4.79 Å². The van der Waals surface area contributed by atoms with E-state index in [9.17, 15) is 4.79 Å². The van der Waals surface area contributed by atoms with Crippen LogP contribution < -0.4 is 5.32 Å². The molecule has 1 atom stereocenters. The minimum atomic E-state index is 0.238. The van der Waals surface area contributed by atoms with E-state index in [4.69, 9.17) is 0 Å². The first-order valence-corrected chi connectivity index (χ1v) is 4.86.